The first-order valence-electron chi connectivity index (χ1n) is 3.17. The summed E-state index contributed by atoms with van der Waals surface area (Å²) in [6.07, 6.45) is -4.52. The van der Waals surface area contributed by atoms with Crippen molar-refractivity contribution in [2.75, 3.05) is 0 Å². The van der Waals surface area contributed by atoms with Crippen molar-refractivity contribution in [3.63, 3.8) is 0 Å². The molecule has 67 valence electrons. The lowest BCUT2D eigenvalue weighted by atomic mass is 10.1. The molecule has 1 rings (SSSR count). The van der Waals surface area contributed by atoms with Gasteiger partial charge in [-0.05, 0) is 12.1 Å². The molecule has 0 aliphatic carbocycles. The molecule has 1 N–H and O–H groups in total. The second kappa shape index (κ2) is 2.98. The van der Waals surface area contributed by atoms with Gasteiger partial charge in [-0.1, -0.05) is 0 Å². The molecule has 0 amide bonds. The first-order chi connectivity index (χ1) is 5.95. The highest BCUT2D eigenvalue weighted by Crippen LogP contribution is 2.31. The summed E-state index contributed by atoms with van der Waals surface area (Å²) in [5, 5.41) is 17.2. The molecule has 13 heavy (non-hydrogen) atoms. The average molecular weight is 186 g/mol. The van der Waals surface area contributed by atoms with Crippen molar-refractivity contribution in [1.82, 2.24) is 0 Å². The maximum absolute atomic E-state index is 12.0. The summed E-state index contributed by atoms with van der Waals surface area (Å²) >= 11 is 0. The zero-order valence-electron chi connectivity index (χ0n) is 6.18. The highest BCUT2D eigenvalue weighted by Gasteiger charge is 2.31. The van der Waals surface area contributed by atoms with E-state index in [1.54, 1.807) is 0 Å². The zero-order chi connectivity index (χ0) is 10.1. The number of aromatic hydroxyl groups is 1. The number of hydrogen-bond acceptors (Lipinski definition) is 2. The summed E-state index contributed by atoms with van der Waals surface area (Å²) in [6.45, 7) is 0. The summed E-state index contributed by atoms with van der Waals surface area (Å²) < 4.78 is 36.1. The normalized spacial score (nSPS) is 10.9. The van der Waals surface area contributed by atoms with E-state index in [9.17, 15) is 13.2 Å². The fourth-order valence-corrected chi connectivity index (χ4v) is 0.738. The predicted octanol–water partition coefficient (Wildman–Crippen LogP) is 2.08. The van der Waals surface area contributed by atoms with Crippen LogP contribution in [-0.4, -0.2) is 5.11 Å². The summed E-state index contributed by atoms with van der Waals surface area (Å²) in [5.74, 6) is -0.574. The fraction of sp³-hybridized carbons (Fsp3) is 0.125. The monoisotopic (exact) mass is 186 g/mol. The van der Waals surface area contributed by atoms with Crippen LogP contribution in [0.2, 0.25) is 0 Å². The van der Waals surface area contributed by atoms with E-state index in [4.69, 9.17) is 10.4 Å². The van der Waals surface area contributed by atoms with E-state index >= 15 is 0 Å². The Morgan fingerprint density at radius 2 is 2.08 bits per heavy atom. The molecule has 5 heteroatoms. The third kappa shape index (κ3) is 1.90. The first-order valence-corrected chi connectivity index (χ1v) is 3.17. The fourth-order valence-electron chi connectivity index (χ4n) is 0.738. The predicted molar refractivity (Wildman–Crippen MR) is 36.7 cm³/mol. The van der Waals surface area contributed by atoms with Gasteiger partial charge in [0.15, 0.2) is 0 Å². The van der Waals surface area contributed by atoms with Crippen LogP contribution in [0.25, 0.3) is 0 Å². The number of nitrogens with zero attached hydrogens (tertiary/aromatic N) is 1. The third-order valence-corrected chi connectivity index (χ3v) is 1.37. The van der Waals surface area contributed by atoms with Crippen LogP contribution in [0.3, 0.4) is 0 Å². The Bertz CT molecular complexity index is 365. The Morgan fingerprint density at radius 3 is 2.54 bits per heavy atom. The molecule has 0 heterocycles. The van der Waals surface area contributed by atoms with Crippen LogP contribution in [-0.2, 0) is 6.18 Å². The van der Waals surface area contributed by atoms with E-state index in [1.807, 2.05) is 6.07 Å². The third-order valence-electron chi connectivity index (χ3n) is 1.37. The minimum atomic E-state index is -4.52. The van der Waals surface area contributed by atoms with Crippen LogP contribution in [0.4, 0.5) is 13.2 Å². The Kier molecular flexibility index (Phi) is 2.15. The van der Waals surface area contributed by atoms with Gasteiger partial charge in [-0.25, -0.2) is 0 Å². The van der Waals surface area contributed by atoms with Crippen molar-refractivity contribution < 1.29 is 18.3 Å². The first kappa shape index (κ1) is 9.39. The average Bonchev–Trinajstić information content (AvgIpc) is 2.03. The number of alkyl halides is 3. The Labute approximate surface area is 71.8 Å². The van der Waals surface area contributed by atoms with Crippen LogP contribution >= 0.6 is 0 Å². The summed E-state index contributed by atoms with van der Waals surface area (Å²) in [7, 11) is 0. The van der Waals surface area contributed by atoms with Gasteiger partial charge in [0, 0.05) is 6.07 Å². The van der Waals surface area contributed by atoms with Crippen molar-refractivity contribution in [3.05, 3.63) is 29.3 Å². The van der Waals surface area contributed by atoms with Gasteiger partial charge in [-0.3, -0.25) is 0 Å². The minimum absolute atomic E-state index is 0.435. The summed E-state index contributed by atoms with van der Waals surface area (Å²) in [4.78, 5) is 0. The Balaban J connectivity index is 3.24. The molecule has 1 aromatic carbocycles. The van der Waals surface area contributed by atoms with Crippen LogP contribution in [0.5, 0.6) is 5.75 Å². The topological polar surface area (TPSA) is 44.0 Å². The van der Waals surface area contributed by atoms with Crippen molar-refractivity contribution >= 4 is 0 Å². The second-order valence-electron chi connectivity index (χ2n) is 2.26. The standard InChI is InChI=1S/C8H3F3NO/c9-8(10,11)6-1-2-7(13)5(3-6)4-12/h1,3,13H. The number of halogens is 3. The number of benzene rings is 1. The molecule has 1 aromatic rings. The van der Waals surface area contributed by atoms with Gasteiger partial charge in [0.1, 0.15) is 11.8 Å². The lowest BCUT2D eigenvalue weighted by Crippen LogP contribution is -2.04. The van der Waals surface area contributed by atoms with Gasteiger partial charge in [0.25, 0.3) is 0 Å². The smallest absolute Gasteiger partial charge is 0.416 e. The van der Waals surface area contributed by atoms with Crippen LogP contribution < -0.4 is 0 Å². The molecule has 0 fully saturated rings. The summed E-state index contributed by atoms with van der Waals surface area (Å²) in [6, 6.07) is 4.53. The van der Waals surface area contributed by atoms with Gasteiger partial charge in [-0.15, -0.1) is 0 Å². The van der Waals surface area contributed by atoms with Crippen LogP contribution in [0.1, 0.15) is 11.1 Å². The summed E-state index contributed by atoms with van der Waals surface area (Å²) in [5.41, 5.74) is -1.43. The molecular weight excluding hydrogens is 183 g/mol. The molecule has 0 saturated heterocycles. The van der Waals surface area contributed by atoms with Gasteiger partial charge in [-0.2, -0.15) is 18.4 Å². The van der Waals surface area contributed by atoms with Crippen LogP contribution in [0.15, 0.2) is 12.1 Å². The Morgan fingerprint density at radius 1 is 1.46 bits per heavy atom. The number of rotatable bonds is 0. The molecule has 0 aliphatic rings. The molecule has 1 radical (unpaired) electrons. The van der Waals surface area contributed by atoms with Crippen molar-refractivity contribution in [2.45, 2.75) is 6.18 Å². The molecule has 0 saturated carbocycles. The highest BCUT2D eigenvalue weighted by atomic mass is 19.4. The quantitative estimate of drug-likeness (QED) is 0.674. The molecule has 0 aromatic heterocycles. The van der Waals surface area contributed by atoms with Crippen LogP contribution in [0, 0.1) is 17.4 Å². The highest BCUT2D eigenvalue weighted by molar-refractivity contribution is 5.44. The molecular formula is C8H3F3NO. The lowest BCUT2D eigenvalue weighted by molar-refractivity contribution is -0.137. The molecule has 0 aliphatic heterocycles. The maximum atomic E-state index is 12.0. The van der Waals surface area contributed by atoms with Gasteiger partial charge in [0.2, 0.25) is 0 Å². The molecule has 0 atom stereocenters. The maximum Gasteiger partial charge on any atom is 0.416 e. The molecule has 2 nitrogen and oxygen atoms in total. The zero-order valence-corrected chi connectivity index (χ0v) is 6.18. The van der Waals surface area contributed by atoms with Gasteiger partial charge < -0.3 is 5.11 Å². The van der Waals surface area contributed by atoms with E-state index in [-0.39, 0.29) is 0 Å². The molecule has 0 unspecified atom stereocenters. The van der Waals surface area contributed by atoms with Gasteiger partial charge >= 0.3 is 6.18 Å². The van der Waals surface area contributed by atoms with Gasteiger partial charge in [0.05, 0.1) is 11.1 Å². The van der Waals surface area contributed by atoms with Crippen molar-refractivity contribution in [3.8, 4) is 11.8 Å². The number of phenols is 1. The van der Waals surface area contributed by atoms with Crippen molar-refractivity contribution in [1.29, 1.82) is 5.26 Å². The van der Waals surface area contributed by atoms with E-state index in [2.05, 4.69) is 0 Å². The second-order valence-corrected chi connectivity index (χ2v) is 2.26. The van der Waals surface area contributed by atoms with E-state index in [0.717, 1.165) is 0 Å². The Hall–Kier alpha value is -1.70. The van der Waals surface area contributed by atoms with E-state index in [1.165, 1.54) is 6.07 Å². The number of phenolic OH excluding ortho intramolecular Hbond substituents is 1. The number of hydrogen-bond donors (Lipinski definition) is 1. The number of nitriles is 1. The lowest BCUT2D eigenvalue weighted by Gasteiger charge is -2.06. The SMILES string of the molecule is N#Cc1cc(C(F)(F)F)c[c]c1O. The van der Waals surface area contributed by atoms with E-state index < -0.39 is 23.1 Å². The molecule has 0 bridgehead atoms. The van der Waals surface area contributed by atoms with Crippen molar-refractivity contribution in [2.24, 2.45) is 0 Å². The molecule has 0 spiro atoms. The minimum Gasteiger partial charge on any atom is -0.506 e. The largest absolute Gasteiger partial charge is 0.506 e. The van der Waals surface area contributed by atoms with E-state index in [0.29, 0.717) is 12.1 Å².